The number of aliphatic hydroxyl groups excluding tert-OH is 1. The second-order valence-corrected chi connectivity index (χ2v) is 6.47. The Bertz CT molecular complexity index is 444. The second-order valence-electron chi connectivity index (χ2n) is 5.14. The number of halogens is 2. The van der Waals surface area contributed by atoms with Crippen LogP contribution in [0, 0.1) is 0 Å². The summed E-state index contributed by atoms with van der Waals surface area (Å²) in [6, 6.07) is 6.09. The molecule has 5 heteroatoms. The van der Waals surface area contributed by atoms with E-state index in [9.17, 15) is 5.11 Å². The van der Waals surface area contributed by atoms with Crippen LogP contribution < -0.4 is 0 Å². The van der Waals surface area contributed by atoms with Gasteiger partial charge in [0.15, 0.2) is 0 Å². The van der Waals surface area contributed by atoms with Crippen LogP contribution in [-0.2, 0) is 4.74 Å². The molecule has 0 aromatic heterocycles. The molecule has 1 aliphatic rings. The molecule has 1 N–H and O–H groups in total. The molecule has 1 saturated heterocycles. The average Bonchev–Trinajstić information content (AvgIpc) is 2.45. The number of rotatable bonds is 5. The van der Waals surface area contributed by atoms with Crippen LogP contribution in [0.25, 0.3) is 0 Å². The second kappa shape index (κ2) is 7.76. The molecule has 0 radical (unpaired) electrons. The zero-order valence-electron chi connectivity index (χ0n) is 11.7. The third kappa shape index (κ3) is 4.18. The molecule has 1 heterocycles. The first kappa shape index (κ1) is 16.2. The van der Waals surface area contributed by atoms with Gasteiger partial charge in [0.2, 0.25) is 0 Å². The molecule has 0 spiro atoms. The number of hydrogen-bond acceptors (Lipinski definition) is 3. The van der Waals surface area contributed by atoms with E-state index in [0.29, 0.717) is 17.5 Å². The van der Waals surface area contributed by atoms with Crippen molar-refractivity contribution in [2.24, 2.45) is 0 Å². The highest BCUT2D eigenvalue weighted by Crippen LogP contribution is 2.28. The zero-order chi connectivity index (χ0) is 14.5. The van der Waals surface area contributed by atoms with Gasteiger partial charge in [-0.15, -0.1) is 0 Å². The lowest BCUT2D eigenvalue weighted by Gasteiger charge is -2.35. The topological polar surface area (TPSA) is 32.7 Å². The molecule has 1 fully saturated rings. The molecule has 20 heavy (non-hydrogen) atoms. The maximum absolute atomic E-state index is 10.3. The Balaban J connectivity index is 1.92. The molecule has 0 aliphatic carbocycles. The number of ether oxygens (including phenoxy) is 1. The Morgan fingerprint density at radius 3 is 3.05 bits per heavy atom. The fourth-order valence-electron chi connectivity index (χ4n) is 2.57. The van der Waals surface area contributed by atoms with Crippen molar-refractivity contribution in [3.05, 3.63) is 33.3 Å². The molecule has 1 aliphatic heterocycles. The molecular weight excluding hydrogens is 342 g/mol. The van der Waals surface area contributed by atoms with Crippen molar-refractivity contribution >= 4 is 27.5 Å². The fourth-order valence-corrected chi connectivity index (χ4v) is 3.37. The van der Waals surface area contributed by atoms with E-state index in [1.54, 1.807) is 0 Å². The molecule has 1 aromatic carbocycles. The predicted molar refractivity (Wildman–Crippen MR) is 85.2 cm³/mol. The quantitative estimate of drug-likeness (QED) is 0.868. The summed E-state index contributed by atoms with van der Waals surface area (Å²) >= 11 is 9.55. The van der Waals surface area contributed by atoms with Crippen LogP contribution >= 0.6 is 27.5 Å². The predicted octanol–water partition coefficient (Wildman–Crippen LogP) is 3.64. The Labute approximate surface area is 134 Å². The first-order valence-corrected chi connectivity index (χ1v) is 8.23. The van der Waals surface area contributed by atoms with Crippen LogP contribution in [0.3, 0.4) is 0 Å². The minimum absolute atomic E-state index is 0.469. The van der Waals surface area contributed by atoms with Crippen molar-refractivity contribution in [1.29, 1.82) is 0 Å². The van der Waals surface area contributed by atoms with Crippen LogP contribution in [0.1, 0.15) is 31.4 Å². The summed E-state index contributed by atoms with van der Waals surface area (Å²) in [6.45, 7) is 5.57. The normalized spacial score (nSPS) is 21.9. The summed E-state index contributed by atoms with van der Waals surface area (Å²) < 4.78 is 6.42. The third-order valence-corrected chi connectivity index (χ3v) is 4.65. The smallest absolute Gasteiger partial charge is 0.0816 e. The monoisotopic (exact) mass is 361 g/mol. The molecule has 0 amide bonds. The fraction of sp³-hybridized carbons (Fsp3) is 0.600. The van der Waals surface area contributed by atoms with Gasteiger partial charge in [0, 0.05) is 28.6 Å². The first-order chi connectivity index (χ1) is 9.61. The largest absolute Gasteiger partial charge is 0.388 e. The van der Waals surface area contributed by atoms with E-state index >= 15 is 0 Å². The van der Waals surface area contributed by atoms with Gasteiger partial charge in [-0.1, -0.05) is 40.5 Å². The van der Waals surface area contributed by atoms with Crippen molar-refractivity contribution in [1.82, 2.24) is 4.90 Å². The molecule has 3 nitrogen and oxygen atoms in total. The van der Waals surface area contributed by atoms with Crippen molar-refractivity contribution in [3.63, 3.8) is 0 Å². The van der Waals surface area contributed by atoms with Crippen LogP contribution in [0.5, 0.6) is 0 Å². The van der Waals surface area contributed by atoms with E-state index in [1.165, 1.54) is 0 Å². The molecular formula is C15H21BrClNO2. The van der Waals surface area contributed by atoms with Gasteiger partial charge in [0.1, 0.15) is 0 Å². The summed E-state index contributed by atoms with van der Waals surface area (Å²) in [7, 11) is 0. The van der Waals surface area contributed by atoms with Crippen molar-refractivity contribution in [3.8, 4) is 0 Å². The van der Waals surface area contributed by atoms with Crippen LogP contribution in [-0.4, -0.2) is 42.4 Å². The van der Waals surface area contributed by atoms with Crippen molar-refractivity contribution < 1.29 is 9.84 Å². The van der Waals surface area contributed by atoms with Crippen molar-refractivity contribution in [2.45, 2.75) is 31.9 Å². The van der Waals surface area contributed by atoms with Crippen molar-refractivity contribution in [2.75, 3.05) is 26.3 Å². The molecule has 2 atom stereocenters. The number of nitrogens with zero attached hydrogens (tertiary/aromatic N) is 1. The summed E-state index contributed by atoms with van der Waals surface area (Å²) in [5, 5.41) is 10.9. The van der Waals surface area contributed by atoms with Gasteiger partial charge in [0.25, 0.3) is 0 Å². The minimum atomic E-state index is -0.518. The number of aliphatic hydroxyl groups is 1. The van der Waals surface area contributed by atoms with E-state index in [2.05, 4.69) is 27.8 Å². The van der Waals surface area contributed by atoms with E-state index in [1.807, 2.05) is 18.2 Å². The number of hydrogen-bond donors (Lipinski definition) is 1. The minimum Gasteiger partial charge on any atom is -0.388 e. The summed E-state index contributed by atoms with van der Waals surface area (Å²) in [4.78, 5) is 2.40. The SMILES string of the molecule is CCC1COCCN1CCC(O)c1ccc(Br)cc1Cl. The van der Waals surface area contributed by atoms with E-state index in [-0.39, 0.29) is 0 Å². The molecule has 2 rings (SSSR count). The van der Waals surface area contributed by atoms with Crippen LogP contribution in [0.4, 0.5) is 0 Å². The maximum Gasteiger partial charge on any atom is 0.0816 e. The highest BCUT2D eigenvalue weighted by atomic mass is 79.9. The Hall–Kier alpha value is -0.130. The summed E-state index contributed by atoms with van der Waals surface area (Å²) in [5.41, 5.74) is 0.802. The van der Waals surface area contributed by atoms with E-state index in [0.717, 1.165) is 42.8 Å². The molecule has 2 unspecified atom stereocenters. The maximum atomic E-state index is 10.3. The first-order valence-electron chi connectivity index (χ1n) is 7.06. The van der Waals surface area contributed by atoms with Gasteiger partial charge in [-0.05, 0) is 30.5 Å². The van der Waals surface area contributed by atoms with Crippen LogP contribution in [0.2, 0.25) is 5.02 Å². The highest BCUT2D eigenvalue weighted by Gasteiger charge is 2.22. The Kier molecular flexibility index (Phi) is 6.30. The van der Waals surface area contributed by atoms with E-state index < -0.39 is 6.10 Å². The molecule has 112 valence electrons. The number of benzene rings is 1. The van der Waals surface area contributed by atoms with Gasteiger partial charge < -0.3 is 9.84 Å². The van der Waals surface area contributed by atoms with Gasteiger partial charge >= 0.3 is 0 Å². The number of morpholine rings is 1. The molecule has 0 saturated carbocycles. The standard InChI is InChI=1S/C15H21BrClNO2/c1-2-12-10-20-8-7-18(12)6-5-15(19)13-4-3-11(16)9-14(13)17/h3-4,9,12,15,19H,2,5-8,10H2,1H3. The summed E-state index contributed by atoms with van der Waals surface area (Å²) in [5.74, 6) is 0. The summed E-state index contributed by atoms with van der Waals surface area (Å²) in [6.07, 6.45) is 1.25. The zero-order valence-corrected chi connectivity index (χ0v) is 14.0. The lowest BCUT2D eigenvalue weighted by atomic mass is 10.1. The van der Waals surface area contributed by atoms with Crippen LogP contribution in [0.15, 0.2) is 22.7 Å². The highest BCUT2D eigenvalue weighted by molar-refractivity contribution is 9.10. The molecule has 0 bridgehead atoms. The Morgan fingerprint density at radius 2 is 2.35 bits per heavy atom. The van der Waals surface area contributed by atoms with E-state index in [4.69, 9.17) is 16.3 Å². The molecule has 1 aromatic rings. The Morgan fingerprint density at radius 1 is 1.55 bits per heavy atom. The van der Waals surface area contributed by atoms with Gasteiger partial charge in [-0.3, -0.25) is 4.90 Å². The van der Waals surface area contributed by atoms with Gasteiger partial charge in [-0.25, -0.2) is 0 Å². The average molecular weight is 363 g/mol. The third-order valence-electron chi connectivity index (χ3n) is 3.83. The lowest BCUT2D eigenvalue weighted by Crippen LogP contribution is -2.45. The van der Waals surface area contributed by atoms with Gasteiger partial charge in [0.05, 0.1) is 19.3 Å². The lowest BCUT2D eigenvalue weighted by molar-refractivity contribution is -0.0143. The van der Waals surface area contributed by atoms with Gasteiger partial charge in [-0.2, -0.15) is 0 Å².